The highest BCUT2D eigenvalue weighted by Gasteiger charge is 2.35. The third-order valence-corrected chi connectivity index (χ3v) is 2.93. The topological polar surface area (TPSA) is 148 Å². The number of aromatic amines is 1. The molecule has 9 heteroatoms. The van der Waals surface area contributed by atoms with Crippen molar-refractivity contribution in [1.29, 1.82) is 0 Å². The second kappa shape index (κ2) is 4.96. The van der Waals surface area contributed by atoms with E-state index in [9.17, 15) is 19.5 Å². The van der Waals surface area contributed by atoms with E-state index >= 15 is 0 Å². The SMILES string of the molecule is NC(=O)c1cn([C@H]2C[C@@H](O)[C@H](CO)O2)c(=O)[nH]c1=O. The molecule has 1 aromatic heterocycles. The molecule has 0 radical (unpaired) electrons. The van der Waals surface area contributed by atoms with Gasteiger partial charge < -0.3 is 20.7 Å². The number of amides is 1. The van der Waals surface area contributed by atoms with Crippen LogP contribution in [0.1, 0.15) is 23.0 Å². The zero-order valence-electron chi connectivity index (χ0n) is 9.78. The Hall–Kier alpha value is -1.97. The standard InChI is InChI=1S/C10H13N3O6/c11-8(16)4-2-13(10(18)12-9(4)17)7-1-5(15)6(3-14)19-7/h2,5-7,14-15H,1,3H2,(H2,11,16)(H,12,17,18)/t5-,6+,7-/m1/s1. The zero-order valence-corrected chi connectivity index (χ0v) is 9.78. The van der Waals surface area contributed by atoms with Crippen LogP contribution < -0.4 is 17.0 Å². The molecule has 0 spiro atoms. The summed E-state index contributed by atoms with van der Waals surface area (Å²) < 4.78 is 6.21. The summed E-state index contributed by atoms with van der Waals surface area (Å²) in [5.74, 6) is -0.979. The summed E-state index contributed by atoms with van der Waals surface area (Å²) in [6.07, 6.45) is -1.60. The Balaban J connectivity index is 2.41. The number of primary amides is 1. The molecule has 1 aromatic rings. The highest BCUT2D eigenvalue weighted by molar-refractivity contribution is 5.91. The fraction of sp³-hybridized carbons (Fsp3) is 0.500. The molecule has 0 aliphatic carbocycles. The minimum absolute atomic E-state index is 0.0510. The lowest BCUT2D eigenvalue weighted by atomic mass is 10.2. The molecule has 1 amide bonds. The lowest BCUT2D eigenvalue weighted by Crippen LogP contribution is -2.37. The smallest absolute Gasteiger partial charge is 0.330 e. The maximum atomic E-state index is 11.6. The lowest BCUT2D eigenvalue weighted by Gasteiger charge is -2.14. The van der Waals surface area contributed by atoms with Crippen molar-refractivity contribution in [2.75, 3.05) is 6.61 Å². The van der Waals surface area contributed by atoms with Gasteiger partial charge in [0.05, 0.1) is 12.7 Å². The van der Waals surface area contributed by atoms with Crippen molar-refractivity contribution in [1.82, 2.24) is 9.55 Å². The zero-order chi connectivity index (χ0) is 14.2. The first kappa shape index (κ1) is 13.5. The van der Waals surface area contributed by atoms with Gasteiger partial charge in [-0.1, -0.05) is 0 Å². The fourth-order valence-corrected chi connectivity index (χ4v) is 1.92. The van der Waals surface area contributed by atoms with Crippen molar-refractivity contribution in [3.63, 3.8) is 0 Å². The number of aromatic nitrogens is 2. The largest absolute Gasteiger partial charge is 0.394 e. The molecule has 0 aromatic carbocycles. The maximum absolute atomic E-state index is 11.6. The van der Waals surface area contributed by atoms with Gasteiger partial charge in [-0.15, -0.1) is 0 Å². The van der Waals surface area contributed by atoms with Gasteiger partial charge in [-0.3, -0.25) is 19.1 Å². The molecule has 1 fully saturated rings. The first-order valence-corrected chi connectivity index (χ1v) is 5.53. The number of nitrogens with one attached hydrogen (secondary N) is 1. The van der Waals surface area contributed by atoms with Crippen LogP contribution in [-0.4, -0.2) is 44.5 Å². The number of H-pyrrole nitrogens is 1. The van der Waals surface area contributed by atoms with Gasteiger partial charge in [0.1, 0.15) is 17.9 Å². The number of hydrogen-bond acceptors (Lipinski definition) is 6. The van der Waals surface area contributed by atoms with Crippen LogP contribution in [0.4, 0.5) is 0 Å². The van der Waals surface area contributed by atoms with Gasteiger partial charge in [-0.2, -0.15) is 0 Å². The first-order chi connectivity index (χ1) is 8.93. The van der Waals surface area contributed by atoms with Crippen molar-refractivity contribution in [3.05, 3.63) is 32.6 Å². The van der Waals surface area contributed by atoms with Gasteiger partial charge in [0.2, 0.25) is 0 Å². The summed E-state index contributed by atoms with van der Waals surface area (Å²) in [4.78, 5) is 36.0. The highest BCUT2D eigenvalue weighted by Crippen LogP contribution is 2.27. The predicted octanol–water partition coefficient (Wildman–Crippen LogP) is -2.72. The Bertz CT molecular complexity index is 606. The summed E-state index contributed by atoms with van der Waals surface area (Å²) in [6.45, 7) is -0.404. The van der Waals surface area contributed by atoms with Crippen LogP contribution in [0.2, 0.25) is 0 Å². The normalized spacial score (nSPS) is 26.5. The van der Waals surface area contributed by atoms with Crippen molar-refractivity contribution in [2.45, 2.75) is 24.9 Å². The molecule has 2 heterocycles. The second-order valence-corrected chi connectivity index (χ2v) is 4.19. The molecule has 104 valence electrons. The molecule has 5 N–H and O–H groups in total. The van der Waals surface area contributed by atoms with Crippen LogP contribution in [0.5, 0.6) is 0 Å². The van der Waals surface area contributed by atoms with E-state index in [1.807, 2.05) is 4.98 Å². The molecular weight excluding hydrogens is 258 g/mol. The number of nitrogens with two attached hydrogens (primary N) is 1. The molecule has 1 aliphatic heterocycles. The van der Waals surface area contributed by atoms with Crippen LogP contribution in [0.15, 0.2) is 15.8 Å². The summed E-state index contributed by atoms with van der Waals surface area (Å²) in [6, 6.07) is 0. The van der Waals surface area contributed by atoms with Crippen molar-refractivity contribution in [2.24, 2.45) is 5.73 Å². The van der Waals surface area contributed by atoms with Crippen LogP contribution in [-0.2, 0) is 4.74 Å². The average Bonchev–Trinajstić information content (AvgIpc) is 2.69. The van der Waals surface area contributed by atoms with Crippen molar-refractivity contribution >= 4 is 5.91 Å². The number of aliphatic hydroxyl groups excluding tert-OH is 2. The number of ether oxygens (including phenoxy) is 1. The summed E-state index contributed by atoms with van der Waals surface area (Å²) in [5.41, 5.74) is 2.95. The number of aliphatic hydroxyl groups is 2. The van der Waals surface area contributed by atoms with E-state index in [0.717, 1.165) is 10.8 Å². The lowest BCUT2D eigenvalue weighted by molar-refractivity contribution is -0.0459. The van der Waals surface area contributed by atoms with E-state index in [1.165, 1.54) is 0 Å². The van der Waals surface area contributed by atoms with Crippen LogP contribution in [0.3, 0.4) is 0 Å². The molecule has 0 saturated carbocycles. The molecule has 9 nitrogen and oxygen atoms in total. The third kappa shape index (κ3) is 2.43. The monoisotopic (exact) mass is 271 g/mol. The number of carbonyl (C=O) groups is 1. The maximum Gasteiger partial charge on any atom is 0.330 e. The first-order valence-electron chi connectivity index (χ1n) is 5.53. The van der Waals surface area contributed by atoms with Crippen molar-refractivity contribution in [3.8, 4) is 0 Å². The Labute approximate surface area is 106 Å². The van der Waals surface area contributed by atoms with Crippen LogP contribution >= 0.6 is 0 Å². The third-order valence-electron chi connectivity index (χ3n) is 2.93. The Morgan fingerprint density at radius 1 is 1.58 bits per heavy atom. The Morgan fingerprint density at radius 2 is 2.26 bits per heavy atom. The number of hydrogen-bond donors (Lipinski definition) is 4. The van der Waals surface area contributed by atoms with Gasteiger partial charge in [0.15, 0.2) is 0 Å². The average molecular weight is 271 g/mol. The summed E-state index contributed by atoms with van der Waals surface area (Å²) in [5, 5.41) is 18.5. The van der Waals surface area contributed by atoms with Gasteiger partial charge in [0.25, 0.3) is 11.5 Å². The van der Waals surface area contributed by atoms with E-state index in [0.29, 0.717) is 0 Å². The second-order valence-electron chi connectivity index (χ2n) is 4.19. The van der Waals surface area contributed by atoms with Crippen LogP contribution in [0, 0.1) is 0 Å². The Morgan fingerprint density at radius 3 is 2.79 bits per heavy atom. The minimum Gasteiger partial charge on any atom is -0.394 e. The molecule has 3 atom stereocenters. The van der Waals surface area contributed by atoms with Gasteiger partial charge in [-0.05, 0) is 0 Å². The van der Waals surface area contributed by atoms with E-state index in [2.05, 4.69) is 0 Å². The molecule has 1 saturated heterocycles. The number of carbonyl (C=O) groups excluding carboxylic acids is 1. The number of nitrogens with zero attached hydrogens (tertiary/aromatic N) is 1. The van der Waals surface area contributed by atoms with Gasteiger partial charge in [0, 0.05) is 12.6 Å². The highest BCUT2D eigenvalue weighted by atomic mass is 16.5. The molecular formula is C10H13N3O6. The van der Waals surface area contributed by atoms with E-state index in [1.54, 1.807) is 0 Å². The van der Waals surface area contributed by atoms with Crippen molar-refractivity contribution < 1.29 is 19.7 Å². The number of rotatable bonds is 3. The molecule has 19 heavy (non-hydrogen) atoms. The fourth-order valence-electron chi connectivity index (χ4n) is 1.92. The molecule has 0 unspecified atom stereocenters. The minimum atomic E-state index is -0.979. The molecule has 2 rings (SSSR count). The molecule has 1 aliphatic rings. The predicted molar refractivity (Wildman–Crippen MR) is 61.5 cm³/mol. The summed E-state index contributed by atoms with van der Waals surface area (Å²) in [7, 11) is 0. The van der Waals surface area contributed by atoms with E-state index in [-0.39, 0.29) is 12.0 Å². The quantitative estimate of drug-likeness (QED) is 0.469. The Kier molecular flexibility index (Phi) is 3.51. The van der Waals surface area contributed by atoms with E-state index < -0.39 is 42.2 Å². The van der Waals surface area contributed by atoms with Gasteiger partial charge >= 0.3 is 5.69 Å². The van der Waals surface area contributed by atoms with Gasteiger partial charge in [-0.25, -0.2) is 4.79 Å². The molecule has 0 bridgehead atoms. The summed E-state index contributed by atoms with van der Waals surface area (Å²) >= 11 is 0. The van der Waals surface area contributed by atoms with E-state index in [4.69, 9.17) is 15.6 Å². The van der Waals surface area contributed by atoms with Crippen LogP contribution in [0.25, 0.3) is 0 Å².